The third-order valence-corrected chi connectivity index (χ3v) is 3.56. The van der Waals surface area contributed by atoms with Crippen LogP contribution in [0.1, 0.15) is 26.7 Å². The zero-order valence-corrected chi connectivity index (χ0v) is 11.2. The molecule has 1 aliphatic carbocycles. The molecule has 1 aromatic rings. The lowest BCUT2D eigenvalue weighted by atomic mass is 9.89. The fourth-order valence-electron chi connectivity index (χ4n) is 1.80. The van der Waals surface area contributed by atoms with Crippen LogP contribution in [0.4, 0.5) is 10.8 Å². The van der Waals surface area contributed by atoms with E-state index >= 15 is 0 Å². The molecule has 0 saturated heterocycles. The monoisotopic (exact) mass is 257 g/mol. The molecule has 1 fully saturated rings. The van der Waals surface area contributed by atoms with E-state index in [1.807, 2.05) is 13.8 Å². The lowest BCUT2D eigenvalue weighted by Crippen LogP contribution is -2.40. The molecule has 1 aromatic heterocycles. The summed E-state index contributed by atoms with van der Waals surface area (Å²) in [5, 5.41) is 4.34. The molecule has 6 heteroatoms. The summed E-state index contributed by atoms with van der Waals surface area (Å²) in [4.78, 5) is 0. The minimum Gasteiger partial charge on any atom is -0.484 e. The maximum atomic E-state index is 5.79. The number of nitrogens with two attached hydrogens (primary N) is 1. The quantitative estimate of drug-likeness (QED) is 0.845. The Kier molecular flexibility index (Phi) is 3.73. The van der Waals surface area contributed by atoms with Gasteiger partial charge in [-0.25, -0.2) is 0 Å². The van der Waals surface area contributed by atoms with Crippen LogP contribution in [0.15, 0.2) is 0 Å². The molecule has 0 amide bonds. The van der Waals surface area contributed by atoms with Crippen molar-refractivity contribution in [2.75, 3.05) is 18.2 Å². The smallest absolute Gasteiger partial charge is 0.197 e. The topological polar surface area (TPSA) is 69.4 Å². The van der Waals surface area contributed by atoms with E-state index in [2.05, 4.69) is 9.69 Å². The van der Waals surface area contributed by atoms with Gasteiger partial charge in [-0.1, -0.05) is 0 Å². The Morgan fingerprint density at radius 3 is 2.76 bits per heavy atom. The molecule has 0 unspecified atom stereocenters. The van der Waals surface area contributed by atoms with Crippen LogP contribution < -0.4 is 15.8 Å². The molecule has 0 atom stereocenters. The number of rotatable bonds is 5. The van der Waals surface area contributed by atoms with E-state index in [0.717, 1.165) is 17.8 Å². The van der Waals surface area contributed by atoms with Crippen molar-refractivity contribution in [3.05, 3.63) is 0 Å². The third-order valence-electron chi connectivity index (χ3n) is 2.79. The van der Waals surface area contributed by atoms with E-state index in [0.29, 0.717) is 23.7 Å². The predicted octanol–water partition coefficient (Wildman–Crippen LogP) is 2.10. The maximum absolute atomic E-state index is 5.79. The number of nitrogens with one attached hydrogen (secondary N) is 1. The minimum atomic E-state index is 0.0994. The third kappa shape index (κ3) is 2.81. The predicted molar refractivity (Wildman–Crippen MR) is 69.7 cm³/mol. The highest BCUT2D eigenvalue weighted by Crippen LogP contribution is 2.38. The van der Waals surface area contributed by atoms with Crippen molar-refractivity contribution < 1.29 is 9.47 Å². The van der Waals surface area contributed by atoms with E-state index in [1.165, 1.54) is 11.5 Å². The molecule has 0 bridgehead atoms. The summed E-state index contributed by atoms with van der Waals surface area (Å²) in [5.41, 5.74) is 5.79. The summed E-state index contributed by atoms with van der Waals surface area (Å²) in [6.45, 7) is 3.95. The number of hydrogen-bond acceptors (Lipinski definition) is 6. The Morgan fingerprint density at radius 1 is 1.47 bits per heavy atom. The first-order chi connectivity index (χ1) is 8.10. The van der Waals surface area contributed by atoms with E-state index < -0.39 is 0 Å². The molecule has 0 aliphatic heterocycles. The summed E-state index contributed by atoms with van der Waals surface area (Å²) in [6.07, 6.45) is 2.53. The van der Waals surface area contributed by atoms with Gasteiger partial charge in [-0.2, -0.15) is 4.37 Å². The van der Waals surface area contributed by atoms with E-state index in [-0.39, 0.29) is 6.10 Å². The molecule has 0 aromatic carbocycles. The summed E-state index contributed by atoms with van der Waals surface area (Å²) in [6, 6.07) is 0.439. The SMILES string of the molecule is COC1CC(Nc2snc(N)c2OC(C)C)C1. The Bertz CT molecular complexity index is 375. The first kappa shape index (κ1) is 12.4. The highest BCUT2D eigenvalue weighted by molar-refractivity contribution is 7.11. The number of hydrogen-bond donors (Lipinski definition) is 2. The lowest BCUT2D eigenvalue weighted by molar-refractivity contribution is 0.0328. The average Bonchev–Trinajstić information content (AvgIpc) is 2.54. The molecule has 0 spiro atoms. The Labute approximate surface area is 105 Å². The molecule has 3 N–H and O–H groups in total. The van der Waals surface area contributed by atoms with Crippen LogP contribution in [0.5, 0.6) is 5.75 Å². The molecule has 5 nitrogen and oxygen atoms in total. The second-order valence-electron chi connectivity index (χ2n) is 4.56. The number of anilines is 2. The van der Waals surface area contributed by atoms with E-state index in [9.17, 15) is 0 Å². The van der Waals surface area contributed by atoms with Crippen LogP contribution in [0.25, 0.3) is 0 Å². The molecule has 96 valence electrons. The van der Waals surface area contributed by atoms with Gasteiger partial charge >= 0.3 is 0 Å². The number of aromatic nitrogens is 1. The molecule has 1 aliphatic rings. The molecule has 0 radical (unpaired) electrons. The first-order valence-electron chi connectivity index (χ1n) is 5.81. The van der Waals surface area contributed by atoms with E-state index in [1.54, 1.807) is 7.11 Å². The minimum absolute atomic E-state index is 0.0994. The molecule has 17 heavy (non-hydrogen) atoms. The normalized spacial score (nSPS) is 23.5. The molecule has 2 rings (SSSR count). The van der Waals surface area contributed by atoms with Gasteiger partial charge in [-0.3, -0.25) is 0 Å². The van der Waals surface area contributed by atoms with Gasteiger partial charge in [-0.05, 0) is 38.2 Å². The van der Waals surface area contributed by atoms with Gasteiger partial charge in [0.15, 0.2) is 16.6 Å². The highest BCUT2D eigenvalue weighted by atomic mass is 32.1. The lowest BCUT2D eigenvalue weighted by Gasteiger charge is -2.34. The summed E-state index contributed by atoms with van der Waals surface area (Å²) < 4.78 is 15.0. The van der Waals surface area contributed by atoms with Crippen LogP contribution in [-0.4, -0.2) is 29.7 Å². The zero-order valence-electron chi connectivity index (χ0n) is 10.4. The van der Waals surface area contributed by atoms with Crippen molar-refractivity contribution in [3.63, 3.8) is 0 Å². The fraction of sp³-hybridized carbons (Fsp3) is 0.727. The Hall–Kier alpha value is -1.01. The van der Waals surface area contributed by atoms with Crippen LogP contribution in [0, 0.1) is 0 Å². The Balaban J connectivity index is 1.96. The number of nitrogens with zero attached hydrogens (tertiary/aromatic N) is 1. The van der Waals surface area contributed by atoms with Crippen molar-refractivity contribution in [3.8, 4) is 5.75 Å². The van der Waals surface area contributed by atoms with Gasteiger partial charge in [0, 0.05) is 13.2 Å². The fourth-order valence-corrected chi connectivity index (χ4v) is 2.52. The van der Waals surface area contributed by atoms with Gasteiger partial charge < -0.3 is 20.5 Å². The first-order valence-corrected chi connectivity index (χ1v) is 6.58. The summed E-state index contributed by atoms with van der Waals surface area (Å²) in [5.74, 6) is 1.15. The van der Waals surface area contributed by atoms with Gasteiger partial charge in [0.1, 0.15) is 0 Å². The molecular formula is C11H19N3O2S. The largest absolute Gasteiger partial charge is 0.484 e. The van der Waals surface area contributed by atoms with Gasteiger partial charge in [0.25, 0.3) is 0 Å². The van der Waals surface area contributed by atoms with Crippen molar-refractivity contribution in [1.82, 2.24) is 4.37 Å². The highest BCUT2D eigenvalue weighted by Gasteiger charge is 2.30. The number of nitrogen functional groups attached to an aromatic ring is 1. The zero-order chi connectivity index (χ0) is 12.4. The average molecular weight is 257 g/mol. The summed E-state index contributed by atoms with van der Waals surface area (Å²) >= 11 is 1.35. The van der Waals surface area contributed by atoms with Gasteiger partial charge in [0.2, 0.25) is 0 Å². The van der Waals surface area contributed by atoms with Crippen molar-refractivity contribution >= 4 is 22.4 Å². The molecule has 1 saturated carbocycles. The van der Waals surface area contributed by atoms with Gasteiger partial charge in [-0.15, -0.1) is 0 Å². The second-order valence-corrected chi connectivity index (χ2v) is 5.34. The van der Waals surface area contributed by atoms with Crippen molar-refractivity contribution in [2.45, 2.75) is 44.9 Å². The van der Waals surface area contributed by atoms with Crippen LogP contribution in [0.3, 0.4) is 0 Å². The second kappa shape index (κ2) is 5.10. The number of methoxy groups -OCH3 is 1. The van der Waals surface area contributed by atoms with Crippen molar-refractivity contribution in [2.24, 2.45) is 0 Å². The molecular weight excluding hydrogens is 238 g/mol. The molecule has 1 heterocycles. The van der Waals surface area contributed by atoms with Crippen molar-refractivity contribution in [1.29, 1.82) is 0 Å². The van der Waals surface area contributed by atoms with Crippen LogP contribution in [-0.2, 0) is 4.74 Å². The van der Waals surface area contributed by atoms with Gasteiger partial charge in [0.05, 0.1) is 12.2 Å². The standard InChI is InChI=1S/C11H19N3O2S/c1-6(2)16-9-10(12)14-17-11(9)13-7-4-8(5-7)15-3/h6-8,13H,4-5H2,1-3H3,(H2,12,14). The Morgan fingerprint density at radius 2 is 2.18 bits per heavy atom. The van der Waals surface area contributed by atoms with Crippen LogP contribution in [0.2, 0.25) is 0 Å². The van der Waals surface area contributed by atoms with E-state index in [4.69, 9.17) is 15.2 Å². The van der Waals surface area contributed by atoms with Crippen LogP contribution >= 0.6 is 11.5 Å². The summed E-state index contributed by atoms with van der Waals surface area (Å²) in [7, 11) is 1.75. The number of ether oxygens (including phenoxy) is 2. The maximum Gasteiger partial charge on any atom is 0.197 e.